The molecule has 0 aliphatic rings. The highest BCUT2D eigenvalue weighted by Crippen LogP contribution is 2.35. The van der Waals surface area contributed by atoms with Gasteiger partial charge in [-0.2, -0.15) is 0 Å². The molecule has 17 heavy (non-hydrogen) atoms. The largest absolute Gasteiger partial charge is 0.289 e. The van der Waals surface area contributed by atoms with Crippen LogP contribution in [0.4, 0.5) is 0 Å². The van der Waals surface area contributed by atoms with E-state index in [2.05, 4.69) is 30.0 Å². The first-order chi connectivity index (χ1) is 8.40. The Hall–Kier alpha value is -2.11. The Kier molecular flexibility index (Phi) is 2.40. The Bertz CT molecular complexity index is 772. The highest BCUT2D eigenvalue weighted by Gasteiger charge is 2.06. The zero-order valence-electron chi connectivity index (χ0n) is 8.94. The van der Waals surface area contributed by atoms with E-state index in [4.69, 9.17) is 0 Å². The van der Waals surface area contributed by atoms with E-state index in [0.717, 1.165) is 10.3 Å². The van der Waals surface area contributed by atoms with Gasteiger partial charge >= 0.3 is 0 Å². The predicted octanol–water partition coefficient (Wildman–Crippen LogP) is 3.60. The molecule has 3 aromatic rings. The SMILES string of the molecule is O=CC#Cc1cccc2c1sc1ccccc12. The lowest BCUT2D eigenvalue weighted by Crippen LogP contribution is -1.74. The minimum absolute atomic E-state index is 0.631. The topological polar surface area (TPSA) is 17.1 Å². The zero-order chi connectivity index (χ0) is 11.7. The Labute approximate surface area is 103 Å². The standard InChI is InChI=1S/C15H8OS/c16-10-4-6-11-5-3-8-13-12-7-1-2-9-14(12)17-15(11)13/h1-3,5,7-10H. The van der Waals surface area contributed by atoms with E-state index in [9.17, 15) is 4.79 Å². The molecule has 80 valence electrons. The molecular weight excluding hydrogens is 228 g/mol. The molecule has 0 aliphatic heterocycles. The molecule has 0 bridgehead atoms. The molecule has 1 aromatic heterocycles. The van der Waals surface area contributed by atoms with Crippen LogP contribution in [-0.2, 0) is 4.79 Å². The zero-order valence-corrected chi connectivity index (χ0v) is 9.75. The van der Waals surface area contributed by atoms with E-state index in [1.807, 2.05) is 24.3 Å². The maximum absolute atomic E-state index is 10.3. The average Bonchev–Trinajstić information content (AvgIpc) is 2.75. The number of hydrogen-bond donors (Lipinski definition) is 0. The third-order valence-electron chi connectivity index (χ3n) is 2.67. The number of carbonyl (C=O) groups is 1. The van der Waals surface area contributed by atoms with Crippen molar-refractivity contribution in [3.63, 3.8) is 0 Å². The highest BCUT2D eigenvalue weighted by molar-refractivity contribution is 7.26. The third-order valence-corrected chi connectivity index (χ3v) is 3.89. The van der Waals surface area contributed by atoms with E-state index >= 15 is 0 Å². The van der Waals surface area contributed by atoms with Crippen LogP contribution in [0.15, 0.2) is 42.5 Å². The Morgan fingerprint density at radius 1 is 1.00 bits per heavy atom. The summed E-state index contributed by atoms with van der Waals surface area (Å²) in [4.78, 5) is 10.3. The summed E-state index contributed by atoms with van der Waals surface area (Å²) in [7, 11) is 0. The Morgan fingerprint density at radius 2 is 1.82 bits per heavy atom. The van der Waals surface area contributed by atoms with Gasteiger partial charge in [0.05, 0.1) is 4.70 Å². The smallest absolute Gasteiger partial charge is 0.193 e. The van der Waals surface area contributed by atoms with E-state index in [0.29, 0.717) is 6.29 Å². The van der Waals surface area contributed by atoms with Gasteiger partial charge in [-0.15, -0.1) is 11.3 Å². The van der Waals surface area contributed by atoms with Crippen LogP contribution in [0.5, 0.6) is 0 Å². The molecule has 0 saturated heterocycles. The number of hydrogen-bond acceptors (Lipinski definition) is 2. The maximum atomic E-state index is 10.3. The summed E-state index contributed by atoms with van der Waals surface area (Å²) in [6, 6.07) is 14.3. The fraction of sp³-hybridized carbons (Fsp3) is 0. The maximum Gasteiger partial charge on any atom is 0.193 e. The van der Waals surface area contributed by atoms with Gasteiger partial charge in [-0.3, -0.25) is 4.79 Å². The minimum Gasteiger partial charge on any atom is -0.289 e. The molecule has 0 fully saturated rings. The molecule has 0 amide bonds. The molecule has 0 radical (unpaired) electrons. The highest BCUT2D eigenvalue weighted by atomic mass is 32.1. The van der Waals surface area contributed by atoms with Crippen molar-refractivity contribution in [1.82, 2.24) is 0 Å². The van der Waals surface area contributed by atoms with Gasteiger partial charge in [0, 0.05) is 21.0 Å². The third kappa shape index (κ3) is 1.61. The van der Waals surface area contributed by atoms with Gasteiger partial charge < -0.3 is 0 Å². The van der Waals surface area contributed by atoms with Crippen molar-refractivity contribution in [2.45, 2.75) is 0 Å². The van der Waals surface area contributed by atoms with Crippen molar-refractivity contribution >= 4 is 37.8 Å². The molecule has 2 heteroatoms. The first-order valence-corrected chi connectivity index (χ1v) is 6.07. The number of fused-ring (bicyclic) bond motifs is 3. The molecule has 2 aromatic carbocycles. The first-order valence-electron chi connectivity index (χ1n) is 5.25. The monoisotopic (exact) mass is 236 g/mol. The lowest BCUT2D eigenvalue weighted by molar-refractivity contribution is -0.103. The average molecular weight is 236 g/mol. The van der Waals surface area contributed by atoms with Crippen molar-refractivity contribution in [2.75, 3.05) is 0 Å². The summed E-state index contributed by atoms with van der Waals surface area (Å²) >= 11 is 1.72. The molecule has 3 rings (SSSR count). The summed E-state index contributed by atoms with van der Waals surface area (Å²) in [6.07, 6.45) is 0.631. The quantitative estimate of drug-likeness (QED) is 0.430. The van der Waals surface area contributed by atoms with Crippen LogP contribution in [0.3, 0.4) is 0 Å². The molecular formula is C15H8OS. The molecule has 0 saturated carbocycles. The van der Waals surface area contributed by atoms with Gasteiger partial charge in [-0.1, -0.05) is 36.3 Å². The minimum atomic E-state index is 0.631. The van der Waals surface area contributed by atoms with E-state index in [-0.39, 0.29) is 0 Å². The Balaban J connectivity index is 2.43. The van der Waals surface area contributed by atoms with Crippen molar-refractivity contribution < 1.29 is 4.79 Å². The predicted molar refractivity (Wildman–Crippen MR) is 72.3 cm³/mol. The summed E-state index contributed by atoms with van der Waals surface area (Å²) in [6.45, 7) is 0. The number of carbonyl (C=O) groups excluding carboxylic acids is 1. The molecule has 0 unspecified atom stereocenters. The summed E-state index contributed by atoms with van der Waals surface area (Å²) in [5.41, 5.74) is 0.927. The second-order valence-electron chi connectivity index (χ2n) is 3.67. The van der Waals surface area contributed by atoms with E-state index in [1.54, 1.807) is 11.3 Å². The molecule has 0 atom stereocenters. The Morgan fingerprint density at radius 3 is 2.71 bits per heavy atom. The molecule has 1 heterocycles. The molecule has 0 aliphatic carbocycles. The fourth-order valence-electron chi connectivity index (χ4n) is 1.95. The summed E-state index contributed by atoms with van der Waals surface area (Å²) in [5.74, 6) is 5.37. The number of thiophene rings is 1. The van der Waals surface area contributed by atoms with Crippen LogP contribution in [0.25, 0.3) is 20.2 Å². The summed E-state index contributed by atoms with van der Waals surface area (Å²) < 4.78 is 2.41. The van der Waals surface area contributed by atoms with Crippen molar-refractivity contribution in [3.8, 4) is 11.8 Å². The number of rotatable bonds is 0. The van der Waals surface area contributed by atoms with E-state index < -0.39 is 0 Å². The van der Waals surface area contributed by atoms with Gasteiger partial charge in [-0.05, 0) is 18.1 Å². The van der Waals surface area contributed by atoms with Crippen LogP contribution in [0.1, 0.15) is 5.56 Å². The van der Waals surface area contributed by atoms with Crippen LogP contribution < -0.4 is 0 Å². The van der Waals surface area contributed by atoms with Crippen molar-refractivity contribution in [3.05, 3.63) is 48.0 Å². The van der Waals surface area contributed by atoms with Crippen molar-refractivity contribution in [1.29, 1.82) is 0 Å². The van der Waals surface area contributed by atoms with Crippen LogP contribution in [0, 0.1) is 11.8 Å². The summed E-state index contributed by atoms with van der Waals surface area (Å²) in [5, 5.41) is 2.46. The van der Waals surface area contributed by atoms with Gasteiger partial charge in [-0.25, -0.2) is 0 Å². The number of aldehydes is 1. The van der Waals surface area contributed by atoms with Crippen molar-refractivity contribution in [2.24, 2.45) is 0 Å². The van der Waals surface area contributed by atoms with Crippen LogP contribution in [-0.4, -0.2) is 6.29 Å². The molecule has 1 nitrogen and oxygen atoms in total. The number of benzene rings is 2. The normalized spacial score (nSPS) is 10.1. The molecule has 0 spiro atoms. The second-order valence-corrected chi connectivity index (χ2v) is 4.72. The lowest BCUT2D eigenvalue weighted by atomic mass is 10.1. The lowest BCUT2D eigenvalue weighted by Gasteiger charge is -1.93. The van der Waals surface area contributed by atoms with Gasteiger partial charge in [0.1, 0.15) is 0 Å². The van der Waals surface area contributed by atoms with Crippen LogP contribution >= 0.6 is 11.3 Å². The second kappa shape index (κ2) is 4.04. The first kappa shape index (κ1) is 10.1. The van der Waals surface area contributed by atoms with Gasteiger partial charge in [0.2, 0.25) is 0 Å². The van der Waals surface area contributed by atoms with Gasteiger partial charge in [0.15, 0.2) is 6.29 Å². The van der Waals surface area contributed by atoms with E-state index in [1.165, 1.54) is 15.5 Å². The molecule has 0 N–H and O–H groups in total. The fourth-order valence-corrected chi connectivity index (χ4v) is 3.12. The van der Waals surface area contributed by atoms with Gasteiger partial charge in [0.25, 0.3) is 0 Å². The van der Waals surface area contributed by atoms with Crippen LogP contribution in [0.2, 0.25) is 0 Å².